The number of allylic oxidation sites excluding steroid dienone is 1. The van der Waals surface area contributed by atoms with E-state index in [1.807, 2.05) is 6.07 Å². The third kappa shape index (κ3) is 7.03. The van der Waals surface area contributed by atoms with E-state index in [9.17, 15) is 26.7 Å². The highest BCUT2D eigenvalue weighted by molar-refractivity contribution is 7.78. The molecule has 0 radical (unpaired) electrons. The van der Waals surface area contributed by atoms with Crippen molar-refractivity contribution in [3.8, 4) is 6.07 Å². The van der Waals surface area contributed by atoms with E-state index >= 15 is 0 Å². The van der Waals surface area contributed by atoms with Gasteiger partial charge >= 0.3 is 12.1 Å². The molecular weight excluding hydrogens is 385 g/mol. The van der Waals surface area contributed by atoms with Crippen molar-refractivity contribution in [2.45, 2.75) is 38.7 Å². The fourth-order valence-electron chi connectivity index (χ4n) is 2.26. The van der Waals surface area contributed by atoms with Gasteiger partial charge in [0.1, 0.15) is 0 Å². The smallest absolute Gasteiger partial charge is 0.416 e. The number of hydrogen-bond donors (Lipinski definition) is 1. The molecule has 1 rings (SSSR count). The molecule has 1 aromatic rings. The molecule has 1 N–H and O–H groups in total. The van der Waals surface area contributed by atoms with Gasteiger partial charge in [0.05, 0.1) is 30.2 Å². The van der Waals surface area contributed by atoms with Crippen LogP contribution in [0.15, 0.2) is 29.5 Å². The molecule has 0 aromatic heterocycles. The molecule has 0 amide bonds. The Morgan fingerprint density at radius 1 is 1.41 bits per heavy atom. The summed E-state index contributed by atoms with van der Waals surface area (Å²) in [4.78, 5) is 11.8. The quantitative estimate of drug-likeness (QED) is 0.407. The molecule has 148 valence electrons. The van der Waals surface area contributed by atoms with Crippen LogP contribution < -0.4 is 5.32 Å². The second-order valence-electron chi connectivity index (χ2n) is 5.45. The van der Waals surface area contributed by atoms with Crippen LogP contribution in [0, 0.1) is 11.3 Å². The van der Waals surface area contributed by atoms with Crippen LogP contribution >= 0.6 is 0 Å². The van der Waals surface area contributed by atoms with E-state index in [0.717, 1.165) is 6.07 Å². The van der Waals surface area contributed by atoms with E-state index in [2.05, 4.69) is 5.32 Å². The van der Waals surface area contributed by atoms with E-state index in [1.165, 1.54) is 19.1 Å². The third-order valence-electron chi connectivity index (χ3n) is 3.54. The van der Waals surface area contributed by atoms with Gasteiger partial charge in [0.25, 0.3) is 0 Å². The number of ether oxygens (including phenoxy) is 1. The normalized spacial score (nSPS) is 13.4. The lowest BCUT2D eigenvalue weighted by atomic mass is 10.0. The highest BCUT2D eigenvalue weighted by atomic mass is 32.2. The predicted molar refractivity (Wildman–Crippen MR) is 90.5 cm³/mol. The van der Waals surface area contributed by atoms with Crippen LogP contribution in [0.25, 0.3) is 0 Å². The summed E-state index contributed by atoms with van der Waals surface area (Å²) >= 11 is -2.51. The SMILES string of the molecule is CCOC(=O)/C(CC#N)=C(/C)NCc1ccc(CS(=O)[O-])cc1C(F)(F)F. The first-order chi connectivity index (χ1) is 12.6. The van der Waals surface area contributed by atoms with Crippen LogP contribution in [0.1, 0.15) is 37.0 Å². The number of carbonyl (C=O) groups is 1. The molecule has 0 spiro atoms. The van der Waals surface area contributed by atoms with Crippen LogP contribution in [0.2, 0.25) is 0 Å². The molecule has 0 saturated carbocycles. The van der Waals surface area contributed by atoms with Crippen molar-refractivity contribution in [2.75, 3.05) is 6.61 Å². The van der Waals surface area contributed by atoms with Crippen LogP contribution in [-0.4, -0.2) is 21.3 Å². The number of alkyl halides is 3. The molecular formula is C17H18F3N2O4S-. The minimum atomic E-state index is -4.67. The van der Waals surface area contributed by atoms with Crippen LogP contribution in [0.4, 0.5) is 13.2 Å². The summed E-state index contributed by atoms with van der Waals surface area (Å²) in [5.41, 5.74) is -0.811. The monoisotopic (exact) mass is 403 g/mol. The van der Waals surface area contributed by atoms with E-state index in [-0.39, 0.29) is 42.0 Å². The molecule has 27 heavy (non-hydrogen) atoms. The minimum Gasteiger partial charge on any atom is -0.772 e. The Labute approximate surface area is 157 Å². The number of nitriles is 1. The molecule has 10 heteroatoms. The first-order valence-electron chi connectivity index (χ1n) is 7.82. The molecule has 1 aromatic carbocycles. The third-order valence-corrected chi connectivity index (χ3v) is 4.11. The number of hydrogen-bond acceptors (Lipinski definition) is 6. The van der Waals surface area contributed by atoms with Crippen LogP contribution in [0.3, 0.4) is 0 Å². The van der Waals surface area contributed by atoms with Crippen molar-refractivity contribution in [1.82, 2.24) is 5.32 Å². The molecule has 0 bridgehead atoms. The summed E-state index contributed by atoms with van der Waals surface area (Å²) in [5, 5.41) is 11.5. The maximum atomic E-state index is 13.3. The van der Waals surface area contributed by atoms with Crippen LogP contribution in [0.5, 0.6) is 0 Å². The number of nitrogens with zero attached hydrogens (tertiary/aromatic N) is 1. The summed E-state index contributed by atoms with van der Waals surface area (Å²) in [7, 11) is 0. The van der Waals surface area contributed by atoms with Crippen molar-refractivity contribution < 1.29 is 31.5 Å². The van der Waals surface area contributed by atoms with E-state index in [1.54, 1.807) is 6.92 Å². The van der Waals surface area contributed by atoms with Gasteiger partial charge in [-0.25, -0.2) is 4.79 Å². The average molecular weight is 403 g/mol. The Balaban J connectivity index is 3.13. The standard InChI is InChI=1S/C17H19F3N2O4S/c1-3-26-16(23)14(6-7-21)11(2)22-9-13-5-4-12(10-27(24)25)8-15(13)17(18,19)20/h4-5,8,22H,3,6,9-10H2,1-2H3,(H,24,25)/p-1/b14-11-. The summed E-state index contributed by atoms with van der Waals surface area (Å²) in [6.07, 6.45) is -4.93. The van der Waals surface area contributed by atoms with Gasteiger partial charge in [-0.3, -0.25) is 4.21 Å². The first-order valence-corrected chi connectivity index (χ1v) is 9.07. The summed E-state index contributed by atoms with van der Waals surface area (Å²) in [6.45, 7) is 2.89. The second kappa shape index (κ2) is 10.1. The highest BCUT2D eigenvalue weighted by Gasteiger charge is 2.33. The molecule has 0 aliphatic rings. The van der Waals surface area contributed by atoms with Gasteiger partial charge in [-0.1, -0.05) is 23.2 Å². The number of esters is 1. The lowest BCUT2D eigenvalue weighted by Crippen LogP contribution is -2.20. The molecule has 0 fully saturated rings. The van der Waals surface area contributed by atoms with Crippen molar-refractivity contribution in [2.24, 2.45) is 0 Å². The number of rotatable bonds is 8. The van der Waals surface area contributed by atoms with E-state index in [0.29, 0.717) is 0 Å². The Morgan fingerprint density at radius 2 is 2.07 bits per heavy atom. The van der Waals surface area contributed by atoms with Gasteiger partial charge < -0.3 is 14.6 Å². The molecule has 0 aliphatic heterocycles. The van der Waals surface area contributed by atoms with Gasteiger partial charge in [0.2, 0.25) is 0 Å². The van der Waals surface area contributed by atoms with Crippen molar-refractivity contribution in [1.29, 1.82) is 5.26 Å². The van der Waals surface area contributed by atoms with Gasteiger partial charge in [0.15, 0.2) is 0 Å². The van der Waals surface area contributed by atoms with Crippen molar-refractivity contribution in [3.05, 3.63) is 46.2 Å². The summed E-state index contributed by atoms with van der Waals surface area (Å²) in [5.74, 6) is -1.24. The molecule has 6 nitrogen and oxygen atoms in total. The molecule has 0 saturated heterocycles. The summed E-state index contributed by atoms with van der Waals surface area (Å²) < 4.78 is 66.1. The fraction of sp³-hybridized carbons (Fsp3) is 0.412. The van der Waals surface area contributed by atoms with Gasteiger partial charge in [0, 0.05) is 18.0 Å². The Kier molecular flexibility index (Phi) is 8.46. The average Bonchev–Trinajstić information content (AvgIpc) is 2.57. The molecule has 0 aliphatic carbocycles. The van der Waals surface area contributed by atoms with Gasteiger partial charge in [-0.2, -0.15) is 18.4 Å². The number of benzene rings is 1. The lowest BCUT2D eigenvalue weighted by Gasteiger charge is -2.17. The Morgan fingerprint density at radius 3 is 2.59 bits per heavy atom. The topological polar surface area (TPSA) is 102 Å². The highest BCUT2D eigenvalue weighted by Crippen LogP contribution is 2.33. The number of carbonyl (C=O) groups excluding carboxylic acids is 1. The zero-order chi connectivity index (χ0) is 20.6. The second-order valence-corrected chi connectivity index (χ2v) is 6.35. The first kappa shape index (κ1) is 22.7. The van der Waals surface area contributed by atoms with E-state index < -0.39 is 34.5 Å². The zero-order valence-corrected chi connectivity index (χ0v) is 15.5. The predicted octanol–water partition coefficient (Wildman–Crippen LogP) is 2.92. The Bertz CT molecular complexity index is 785. The van der Waals surface area contributed by atoms with Crippen molar-refractivity contribution >= 4 is 17.0 Å². The molecule has 0 heterocycles. The largest absolute Gasteiger partial charge is 0.772 e. The van der Waals surface area contributed by atoms with Crippen molar-refractivity contribution in [3.63, 3.8) is 0 Å². The lowest BCUT2D eigenvalue weighted by molar-refractivity contribution is -0.139. The molecule has 1 atom stereocenters. The zero-order valence-electron chi connectivity index (χ0n) is 14.7. The number of halogens is 3. The van der Waals surface area contributed by atoms with Gasteiger partial charge in [-0.05, 0) is 31.0 Å². The summed E-state index contributed by atoms with van der Waals surface area (Å²) in [6, 6.07) is 5.07. The maximum absolute atomic E-state index is 13.3. The number of nitrogens with one attached hydrogen (secondary N) is 1. The minimum absolute atomic E-state index is 0.0170. The van der Waals surface area contributed by atoms with Gasteiger partial charge in [-0.15, -0.1) is 0 Å². The maximum Gasteiger partial charge on any atom is 0.416 e. The van der Waals surface area contributed by atoms with E-state index in [4.69, 9.17) is 10.00 Å². The fourth-order valence-corrected chi connectivity index (χ4v) is 2.71. The molecule has 1 unspecified atom stereocenters. The van der Waals surface area contributed by atoms with Crippen LogP contribution in [-0.2, 0) is 39.1 Å². The Hall–Kier alpha value is -2.38.